The van der Waals surface area contributed by atoms with Gasteiger partial charge in [-0.3, -0.25) is 0 Å². The summed E-state index contributed by atoms with van der Waals surface area (Å²) in [7, 11) is -1.59. The molecular weight excluding hydrogens is 316 g/mol. The van der Waals surface area contributed by atoms with Crippen molar-refractivity contribution in [3.8, 4) is 0 Å². The van der Waals surface area contributed by atoms with Crippen LogP contribution in [0.4, 0.5) is 0 Å². The van der Waals surface area contributed by atoms with E-state index >= 15 is 0 Å². The van der Waals surface area contributed by atoms with Gasteiger partial charge in [0.25, 0.3) is 0 Å². The van der Waals surface area contributed by atoms with Crippen LogP contribution < -0.4 is 10.0 Å². The normalized spacial score (nSPS) is 11.8. The number of benzene rings is 1. The lowest BCUT2D eigenvalue weighted by Gasteiger charge is -2.12. The third kappa shape index (κ3) is 3.78. The van der Waals surface area contributed by atoms with Crippen LogP contribution in [0.5, 0.6) is 0 Å². The molecule has 0 aromatic heterocycles. The van der Waals surface area contributed by atoms with Crippen LogP contribution in [-0.4, -0.2) is 22.0 Å². The Bertz CT molecular complexity index is 515. The highest BCUT2D eigenvalue weighted by atomic mass is 79.9. The van der Waals surface area contributed by atoms with Gasteiger partial charge >= 0.3 is 0 Å². The fourth-order valence-corrected chi connectivity index (χ4v) is 3.69. The largest absolute Gasteiger partial charge is 0.316 e. The van der Waals surface area contributed by atoms with Crippen molar-refractivity contribution in [3.63, 3.8) is 0 Å². The van der Waals surface area contributed by atoms with Crippen molar-refractivity contribution in [1.82, 2.24) is 10.0 Å². The zero-order valence-corrected chi connectivity index (χ0v) is 13.3. The zero-order valence-electron chi connectivity index (χ0n) is 10.9. The molecule has 0 saturated heterocycles. The summed E-state index contributed by atoms with van der Waals surface area (Å²) in [5.41, 5.74) is 1.67. The van der Waals surface area contributed by atoms with Crippen molar-refractivity contribution in [2.24, 2.45) is 0 Å². The molecule has 18 heavy (non-hydrogen) atoms. The van der Waals surface area contributed by atoms with E-state index < -0.39 is 10.0 Å². The molecule has 0 heterocycles. The first kappa shape index (κ1) is 15.6. The van der Waals surface area contributed by atoms with E-state index in [-0.39, 0.29) is 0 Å². The summed E-state index contributed by atoms with van der Waals surface area (Å²) in [6.07, 6.45) is 0.773. The fraction of sp³-hybridized carbons (Fsp3) is 0.500. The number of hydrogen-bond donors (Lipinski definition) is 2. The van der Waals surface area contributed by atoms with Crippen molar-refractivity contribution < 1.29 is 8.42 Å². The van der Waals surface area contributed by atoms with E-state index in [9.17, 15) is 8.42 Å². The number of halogens is 1. The smallest absolute Gasteiger partial charge is 0.240 e. The SMILES string of the molecule is CCCNS(=O)(=O)c1cc(CNC)cc(Br)c1C. The topological polar surface area (TPSA) is 58.2 Å². The number of hydrogen-bond acceptors (Lipinski definition) is 3. The molecule has 1 aromatic rings. The van der Waals surface area contributed by atoms with E-state index in [1.165, 1.54) is 0 Å². The second kappa shape index (κ2) is 6.65. The first-order valence-electron chi connectivity index (χ1n) is 5.85. The Morgan fingerprint density at radius 3 is 2.56 bits per heavy atom. The van der Waals surface area contributed by atoms with E-state index in [0.717, 1.165) is 22.0 Å². The van der Waals surface area contributed by atoms with Gasteiger partial charge in [-0.25, -0.2) is 13.1 Å². The van der Waals surface area contributed by atoms with Gasteiger partial charge in [-0.1, -0.05) is 22.9 Å². The lowest BCUT2D eigenvalue weighted by molar-refractivity contribution is 0.580. The predicted molar refractivity (Wildman–Crippen MR) is 77.1 cm³/mol. The summed E-state index contributed by atoms with van der Waals surface area (Å²) in [6.45, 7) is 4.82. The summed E-state index contributed by atoms with van der Waals surface area (Å²) >= 11 is 3.41. The maximum absolute atomic E-state index is 12.2. The first-order valence-corrected chi connectivity index (χ1v) is 8.13. The Kier molecular flexibility index (Phi) is 5.78. The van der Waals surface area contributed by atoms with Crippen LogP contribution >= 0.6 is 15.9 Å². The van der Waals surface area contributed by atoms with Gasteiger partial charge in [0.15, 0.2) is 0 Å². The van der Waals surface area contributed by atoms with Gasteiger partial charge < -0.3 is 5.32 Å². The molecule has 2 N–H and O–H groups in total. The lowest BCUT2D eigenvalue weighted by Crippen LogP contribution is -2.25. The highest BCUT2D eigenvalue weighted by Crippen LogP contribution is 2.25. The second-order valence-corrected chi connectivity index (χ2v) is 6.72. The minimum absolute atomic E-state index is 0.343. The minimum Gasteiger partial charge on any atom is -0.316 e. The van der Waals surface area contributed by atoms with Crippen LogP contribution in [-0.2, 0) is 16.6 Å². The molecule has 6 heteroatoms. The maximum Gasteiger partial charge on any atom is 0.240 e. The minimum atomic E-state index is -3.42. The molecule has 4 nitrogen and oxygen atoms in total. The van der Waals surface area contributed by atoms with Gasteiger partial charge in [-0.05, 0) is 43.7 Å². The quantitative estimate of drug-likeness (QED) is 0.838. The molecule has 0 fully saturated rings. The van der Waals surface area contributed by atoms with Crippen molar-refractivity contribution >= 4 is 26.0 Å². The average Bonchev–Trinajstić information content (AvgIpc) is 2.31. The summed E-state index contributed by atoms with van der Waals surface area (Å²) in [5, 5.41) is 3.02. The van der Waals surface area contributed by atoms with Crippen molar-refractivity contribution in [2.45, 2.75) is 31.7 Å². The molecule has 0 radical (unpaired) electrons. The third-order valence-corrected chi connectivity index (χ3v) is 4.98. The monoisotopic (exact) mass is 334 g/mol. The van der Waals surface area contributed by atoms with Crippen LogP contribution in [0.3, 0.4) is 0 Å². The van der Waals surface area contributed by atoms with E-state index in [4.69, 9.17) is 0 Å². The van der Waals surface area contributed by atoms with E-state index in [2.05, 4.69) is 26.0 Å². The van der Waals surface area contributed by atoms with Gasteiger partial charge in [0.1, 0.15) is 0 Å². The zero-order chi connectivity index (χ0) is 13.8. The summed E-state index contributed by atoms with van der Waals surface area (Å²) < 4.78 is 27.7. The van der Waals surface area contributed by atoms with Gasteiger partial charge in [0, 0.05) is 17.6 Å². The summed E-state index contributed by atoms with van der Waals surface area (Å²) in [6, 6.07) is 3.65. The predicted octanol–water partition coefficient (Wildman–Crippen LogP) is 2.17. The van der Waals surface area contributed by atoms with E-state index in [1.807, 2.05) is 20.0 Å². The van der Waals surface area contributed by atoms with Crippen LogP contribution in [0, 0.1) is 6.92 Å². The van der Waals surface area contributed by atoms with Crippen LogP contribution in [0.1, 0.15) is 24.5 Å². The summed E-state index contributed by atoms with van der Waals surface area (Å²) in [4.78, 5) is 0.343. The standard InChI is InChI=1S/C12H19BrN2O2S/c1-4-5-15-18(16,17)12-7-10(8-14-3)6-11(13)9(12)2/h6-7,14-15H,4-5,8H2,1-3H3. The second-order valence-electron chi connectivity index (χ2n) is 4.13. The lowest BCUT2D eigenvalue weighted by atomic mass is 10.1. The molecule has 0 amide bonds. The molecule has 0 spiro atoms. The molecule has 0 aliphatic carbocycles. The maximum atomic E-state index is 12.2. The van der Waals surface area contributed by atoms with Gasteiger partial charge in [-0.2, -0.15) is 0 Å². The van der Waals surface area contributed by atoms with Gasteiger partial charge in [0.05, 0.1) is 4.90 Å². The van der Waals surface area contributed by atoms with Crippen molar-refractivity contribution in [1.29, 1.82) is 0 Å². The molecular formula is C12H19BrN2O2S. The molecule has 102 valence electrons. The fourth-order valence-electron chi connectivity index (χ4n) is 1.61. The number of nitrogens with one attached hydrogen (secondary N) is 2. The van der Waals surface area contributed by atoms with Crippen molar-refractivity contribution in [2.75, 3.05) is 13.6 Å². The Morgan fingerprint density at radius 1 is 1.33 bits per heavy atom. The average molecular weight is 335 g/mol. The molecule has 0 aliphatic heterocycles. The Hall–Kier alpha value is -0.430. The van der Waals surface area contributed by atoms with Crippen LogP contribution in [0.15, 0.2) is 21.5 Å². The Balaban J connectivity index is 3.22. The highest BCUT2D eigenvalue weighted by molar-refractivity contribution is 9.10. The first-order chi connectivity index (χ1) is 8.42. The number of sulfonamides is 1. The molecule has 0 atom stereocenters. The van der Waals surface area contributed by atoms with Crippen LogP contribution in [0.2, 0.25) is 0 Å². The summed E-state index contributed by atoms with van der Waals surface area (Å²) in [5.74, 6) is 0. The molecule has 1 aromatic carbocycles. The molecule has 0 bridgehead atoms. The molecule has 1 rings (SSSR count). The third-order valence-electron chi connectivity index (χ3n) is 2.57. The van der Waals surface area contributed by atoms with Gasteiger partial charge in [-0.15, -0.1) is 0 Å². The van der Waals surface area contributed by atoms with E-state index in [1.54, 1.807) is 13.0 Å². The molecule has 0 unspecified atom stereocenters. The Labute approximate surface area is 117 Å². The number of rotatable bonds is 6. The highest BCUT2D eigenvalue weighted by Gasteiger charge is 2.18. The van der Waals surface area contributed by atoms with Crippen LogP contribution in [0.25, 0.3) is 0 Å². The van der Waals surface area contributed by atoms with Gasteiger partial charge in [0.2, 0.25) is 10.0 Å². The Morgan fingerprint density at radius 2 is 2.00 bits per heavy atom. The molecule has 0 saturated carbocycles. The van der Waals surface area contributed by atoms with Crippen molar-refractivity contribution in [3.05, 3.63) is 27.7 Å². The molecule has 0 aliphatic rings. The van der Waals surface area contributed by atoms with E-state index in [0.29, 0.717) is 18.0 Å².